The van der Waals surface area contributed by atoms with Gasteiger partial charge in [0, 0.05) is 19.1 Å². The average Bonchev–Trinajstić information content (AvgIpc) is 2.84. The predicted octanol–water partition coefficient (Wildman–Crippen LogP) is 5.46. The van der Waals surface area contributed by atoms with Crippen LogP contribution in [0, 0.1) is 0 Å². The molecule has 2 aromatic rings. The van der Waals surface area contributed by atoms with Gasteiger partial charge in [0.15, 0.2) is 0 Å². The molecule has 0 N–H and O–H groups in total. The minimum absolute atomic E-state index is 0.00956. The molecule has 0 saturated carbocycles. The highest BCUT2D eigenvalue weighted by Crippen LogP contribution is 2.40. The van der Waals surface area contributed by atoms with Crippen molar-refractivity contribution in [2.75, 3.05) is 0 Å². The van der Waals surface area contributed by atoms with Crippen molar-refractivity contribution < 1.29 is 0 Å². The normalized spacial score (nSPS) is 13.0. The van der Waals surface area contributed by atoms with Crippen LogP contribution >= 0.6 is 50.2 Å². The minimum Gasteiger partial charge on any atom is -0.146 e. The molecule has 4 heteroatoms. The van der Waals surface area contributed by atoms with E-state index in [1.807, 2.05) is 6.07 Å². The highest BCUT2D eigenvalue weighted by Gasteiger charge is 2.16. The molecule has 0 aliphatic heterocycles. The fourth-order valence-corrected chi connectivity index (χ4v) is 4.56. The van der Waals surface area contributed by atoms with Crippen LogP contribution in [0.3, 0.4) is 0 Å². The Morgan fingerprint density at radius 2 is 2.20 bits per heavy atom. The van der Waals surface area contributed by atoms with Crippen LogP contribution in [-0.2, 0) is 6.42 Å². The number of alkyl halides is 1. The number of aryl methyl sites for hydroxylation is 1. The third-order valence-corrected chi connectivity index (χ3v) is 6.10. The van der Waals surface area contributed by atoms with Gasteiger partial charge in [-0.2, -0.15) is 0 Å². The minimum atomic E-state index is -0.00956. The number of thiophene rings is 2. The molecule has 0 fully saturated rings. The van der Waals surface area contributed by atoms with Gasteiger partial charge in [-0.05, 0) is 45.9 Å². The van der Waals surface area contributed by atoms with Crippen LogP contribution in [0.2, 0.25) is 0 Å². The zero-order valence-electron chi connectivity index (χ0n) is 8.17. The second kappa shape index (κ2) is 5.00. The van der Waals surface area contributed by atoms with Crippen molar-refractivity contribution in [1.82, 2.24) is 0 Å². The summed E-state index contributed by atoms with van der Waals surface area (Å²) in [6.07, 6.45) is 1.08. The Morgan fingerprint density at radius 3 is 2.73 bits per heavy atom. The Hall–Kier alpha value is 0.170. The van der Waals surface area contributed by atoms with Gasteiger partial charge >= 0.3 is 0 Å². The molecule has 80 valence electrons. The molecule has 2 aromatic heterocycles. The van der Waals surface area contributed by atoms with Crippen LogP contribution in [0.5, 0.6) is 0 Å². The van der Waals surface area contributed by atoms with Gasteiger partial charge in [0.1, 0.15) is 5.38 Å². The maximum atomic E-state index is 6.44. The predicted molar refractivity (Wildman–Crippen MR) is 73.4 cm³/mol. The molecule has 1 unspecified atom stereocenters. The van der Waals surface area contributed by atoms with Gasteiger partial charge in [0.25, 0.3) is 0 Å². The molecule has 0 bridgehead atoms. The lowest BCUT2D eigenvalue weighted by Crippen LogP contribution is -1.85. The molecule has 0 aliphatic carbocycles. The van der Waals surface area contributed by atoms with Crippen LogP contribution in [0.25, 0.3) is 0 Å². The van der Waals surface area contributed by atoms with Crippen LogP contribution in [0.1, 0.15) is 26.9 Å². The summed E-state index contributed by atoms with van der Waals surface area (Å²) in [6.45, 7) is 2.17. The van der Waals surface area contributed by atoms with Gasteiger partial charge in [0.2, 0.25) is 0 Å². The molecular weight excluding hydrogens is 312 g/mol. The van der Waals surface area contributed by atoms with E-state index in [2.05, 4.69) is 40.4 Å². The first-order valence-electron chi connectivity index (χ1n) is 4.68. The van der Waals surface area contributed by atoms with E-state index in [9.17, 15) is 0 Å². The second-order valence-electron chi connectivity index (χ2n) is 3.15. The number of rotatable bonds is 3. The lowest BCUT2D eigenvalue weighted by Gasteiger charge is -2.04. The van der Waals surface area contributed by atoms with E-state index in [0.717, 1.165) is 10.9 Å². The van der Waals surface area contributed by atoms with E-state index < -0.39 is 0 Å². The Balaban J connectivity index is 2.28. The topological polar surface area (TPSA) is 0 Å². The molecule has 2 heterocycles. The highest BCUT2D eigenvalue weighted by atomic mass is 79.9. The first kappa shape index (κ1) is 11.6. The molecule has 0 aromatic carbocycles. The fraction of sp³-hybridized carbons (Fsp3) is 0.273. The van der Waals surface area contributed by atoms with Gasteiger partial charge in [-0.15, -0.1) is 34.3 Å². The summed E-state index contributed by atoms with van der Waals surface area (Å²) < 4.78 is 1.11. The molecule has 0 spiro atoms. The standard InChI is InChI=1S/C11H10BrClS2/c1-2-7-3-4-9(15-7)10(13)11-8(12)5-6-14-11/h3-6,10H,2H2,1H3. The molecular formula is C11H10BrClS2. The quantitative estimate of drug-likeness (QED) is 0.658. The molecule has 0 aliphatic rings. The fourth-order valence-electron chi connectivity index (χ4n) is 1.34. The SMILES string of the molecule is CCc1ccc(C(Cl)c2sccc2Br)s1. The highest BCUT2D eigenvalue weighted by molar-refractivity contribution is 9.10. The number of hydrogen-bond acceptors (Lipinski definition) is 2. The van der Waals surface area contributed by atoms with Crippen LogP contribution in [0.15, 0.2) is 28.1 Å². The van der Waals surface area contributed by atoms with Gasteiger partial charge in [-0.25, -0.2) is 0 Å². The monoisotopic (exact) mass is 320 g/mol. The lowest BCUT2D eigenvalue weighted by atomic mass is 10.3. The van der Waals surface area contributed by atoms with Crippen molar-refractivity contribution in [2.45, 2.75) is 18.7 Å². The Kier molecular flexibility index (Phi) is 3.88. The van der Waals surface area contributed by atoms with E-state index in [-0.39, 0.29) is 5.38 Å². The van der Waals surface area contributed by atoms with Crippen molar-refractivity contribution >= 4 is 50.2 Å². The maximum absolute atomic E-state index is 6.44. The smallest absolute Gasteiger partial charge is 0.103 e. The molecule has 15 heavy (non-hydrogen) atoms. The first-order chi connectivity index (χ1) is 7.22. The van der Waals surface area contributed by atoms with Crippen molar-refractivity contribution in [3.05, 3.63) is 42.7 Å². The molecule has 0 amide bonds. The average molecular weight is 322 g/mol. The Morgan fingerprint density at radius 1 is 1.40 bits per heavy atom. The third kappa shape index (κ3) is 2.47. The number of halogens is 2. The van der Waals surface area contributed by atoms with Crippen LogP contribution in [-0.4, -0.2) is 0 Å². The van der Waals surface area contributed by atoms with Gasteiger partial charge in [-0.1, -0.05) is 6.92 Å². The van der Waals surface area contributed by atoms with Crippen molar-refractivity contribution in [1.29, 1.82) is 0 Å². The van der Waals surface area contributed by atoms with Gasteiger partial charge in [-0.3, -0.25) is 0 Å². The van der Waals surface area contributed by atoms with Gasteiger partial charge < -0.3 is 0 Å². The summed E-state index contributed by atoms with van der Waals surface area (Å²) in [5, 5.41) is 2.05. The van der Waals surface area contributed by atoms with E-state index in [1.54, 1.807) is 22.7 Å². The zero-order chi connectivity index (χ0) is 10.8. The van der Waals surface area contributed by atoms with E-state index >= 15 is 0 Å². The zero-order valence-corrected chi connectivity index (χ0v) is 12.1. The summed E-state index contributed by atoms with van der Waals surface area (Å²) in [6, 6.07) is 6.34. The molecule has 1 atom stereocenters. The molecule has 0 nitrogen and oxygen atoms in total. The first-order valence-corrected chi connectivity index (χ1v) is 7.60. The van der Waals surface area contributed by atoms with E-state index in [4.69, 9.17) is 11.6 Å². The summed E-state index contributed by atoms with van der Waals surface area (Å²) >= 11 is 13.5. The van der Waals surface area contributed by atoms with Crippen molar-refractivity contribution in [2.24, 2.45) is 0 Å². The maximum Gasteiger partial charge on any atom is 0.103 e. The van der Waals surface area contributed by atoms with Crippen molar-refractivity contribution in [3.8, 4) is 0 Å². The van der Waals surface area contributed by atoms with Gasteiger partial charge in [0.05, 0.1) is 0 Å². The summed E-state index contributed by atoms with van der Waals surface area (Å²) in [5.41, 5.74) is 0. The van der Waals surface area contributed by atoms with Crippen LogP contribution in [0.4, 0.5) is 0 Å². The van der Waals surface area contributed by atoms with E-state index in [0.29, 0.717) is 0 Å². The number of hydrogen-bond donors (Lipinski definition) is 0. The Bertz CT molecular complexity index is 447. The molecule has 2 rings (SSSR count). The largest absolute Gasteiger partial charge is 0.146 e. The van der Waals surface area contributed by atoms with Crippen molar-refractivity contribution in [3.63, 3.8) is 0 Å². The summed E-state index contributed by atoms with van der Waals surface area (Å²) in [5.74, 6) is 0. The van der Waals surface area contributed by atoms with Crippen LogP contribution < -0.4 is 0 Å². The third-order valence-electron chi connectivity index (χ3n) is 2.16. The molecule has 0 radical (unpaired) electrons. The lowest BCUT2D eigenvalue weighted by molar-refractivity contribution is 1.19. The Labute approximate surface area is 111 Å². The second-order valence-corrected chi connectivity index (χ2v) is 6.59. The van der Waals surface area contributed by atoms with E-state index in [1.165, 1.54) is 14.6 Å². The molecule has 0 saturated heterocycles. The summed E-state index contributed by atoms with van der Waals surface area (Å²) in [4.78, 5) is 3.82. The summed E-state index contributed by atoms with van der Waals surface area (Å²) in [7, 11) is 0.